The highest BCUT2D eigenvalue weighted by atomic mass is 35.5. The summed E-state index contributed by atoms with van der Waals surface area (Å²) in [7, 11) is 1.65. The van der Waals surface area contributed by atoms with Crippen LogP contribution in [0.15, 0.2) is 48.5 Å². The number of urea groups is 1. The third-order valence-electron chi connectivity index (χ3n) is 2.80. The lowest BCUT2D eigenvalue weighted by molar-refractivity contribution is 0.258. The maximum Gasteiger partial charge on any atom is 0.326 e. The van der Waals surface area contributed by atoms with E-state index in [0.29, 0.717) is 22.0 Å². The Kier molecular flexibility index (Phi) is 4.24. The molecule has 0 aromatic heterocycles. The predicted octanol–water partition coefficient (Wildman–Crippen LogP) is 3.88. The van der Waals surface area contributed by atoms with Gasteiger partial charge in [0.1, 0.15) is 0 Å². The minimum Gasteiger partial charge on any atom is -0.306 e. The Morgan fingerprint density at radius 3 is 2.45 bits per heavy atom. The molecule has 0 saturated heterocycles. The Bertz CT molecular complexity index is 662. The average molecular weight is 286 g/mol. The highest BCUT2D eigenvalue weighted by Gasteiger charge is 2.12. The molecule has 0 atom stereocenters. The standard InChI is InChI=1S/C15H12ClN3O/c1-19(12-8-6-11(10-17)7-9-12)15(20)18-14-5-3-2-4-13(14)16/h2-9H,1H3,(H,18,20). The average Bonchev–Trinajstić information content (AvgIpc) is 2.49. The van der Waals surface area contributed by atoms with E-state index in [4.69, 9.17) is 16.9 Å². The molecule has 0 bridgehead atoms. The summed E-state index contributed by atoms with van der Waals surface area (Å²) in [6.07, 6.45) is 0. The van der Waals surface area contributed by atoms with Gasteiger partial charge in [-0.3, -0.25) is 4.90 Å². The Morgan fingerprint density at radius 1 is 1.20 bits per heavy atom. The van der Waals surface area contributed by atoms with Crippen molar-refractivity contribution in [3.63, 3.8) is 0 Å². The fourth-order valence-corrected chi connectivity index (χ4v) is 1.82. The number of halogens is 1. The molecule has 2 aromatic rings. The molecule has 0 radical (unpaired) electrons. The Labute approximate surface area is 122 Å². The van der Waals surface area contributed by atoms with Gasteiger partial charge in [0.25, 0.3) is 0 Å². The zero-order valence-corrected chi connectivity index (χ0v) is 11.6. The molecule has 0 spiro atoms. The second kappa shape index (κ2) is 6.09. The van der Waals surface area contributed by atoms with Crippen molar-refractivity contribution in [2.45, 2.75) is 0 Å². The van der Waals surface area contributed by atoms with E-state index in [1.165, 1.54) is 4.90 Å². The van der Waals surface area contributed by atoms with Crippen molar-refractivity contribution in [3.8, 4) is 6.07 Å². The first-order chi connectivity index (χ1) is 9.61. The molecule has 0 aliphatic carbocycles. The molecule has 0 heterocycles. The van der Waals surface area contributed by atoms with E-state index in [9.17, 15) is 4.79 Å². The van der Waals surface area contributed by atoms with Crippen molar-refractivity contribution in [2.75, 3.05) is 17.3 Å². The lowest BCUT2D eigenvalue weighted by atomic mass is 10.2. The Balaban J connectivity index is 2.12. The summed E-state index contributed by atoms with van der Waals surface area (Å²) in [6, 6.07) is 15.5. The number of amides is 2. The number of hydrogen-bond acceptors (Lipinski definition) is 2. The summed E-state index contributed by atoms with van der Waals surface area (Å²) in [5, 5.41) is 12.0. The van der Waals surface area contributed by atoms with Crippen LogP contribution < -0.4 is 10.2 Å². The maximum absolute atomic E-state index is 12.1. The van der Waals surface area contributed by atoms with Gasteiger partial charge in [-0.05, 0) is 36.4 Å². The third kappa shape index (κ3) is 3.08. The van der Waals surface area contributed by atoms with E-state index >= 15 is 0 Å². The fourth-order valence-electron chi connectivity index (χ4n) is 1.64. The third-order valence-corrected chi connectivity index (χ3v) is 3.13. The minimum absolute atomic E-state index is 0.303. The number of benzene rings is 2. The molecule has 5 heteroatoms. The Morgan fingerprint density at radius 2 is 1.85 bits per heavy atom. The number of para-hydroxylation sites is 1. The number of nitrogens with zero attached hydrogens (tertiary/aromatic N) is 2. The SMILES string of the molecule is CN(C(=O)Nc1ccccc1Cl)c1ccc(C#N)cc1. The molecule has 1 N–H and O–H groups in total. The van der Waals surface area contributed by atoms with E-state index in [2.05, 4.69) is 5.32 Å². The van der Waals surface area contributed by atoms with Crippen LogP contribution in [0.1, 0.15) is 5.56 Å². The first kappa shape index (κ1) is 13.9. The van der Waals surface area contributed by atoms with Gasteiger partial charge in [-0.25, -0.2) is 4.79 Å². The van der Waals surface area contributed by atoms with Crippen LogP contribution in [0.5, 0.6) is 0 Å². The topological polar surface area (TPSA) is 56.1 Å². The van der Waals surface area contributed by atoms with Gasteiger partial charge < -0.3 is 5.32 Å². The number of anilines is 2. The van der Waals surface area contributed by atoms with Crippen LogP contribution in [0, 0.1) is 11.3 Å². The zero-order chi connectivity index (χ0) is 14.5. The van der Waals surface area contributed by atoms with Gasteiger partial charge in [0.05, 0.1) is 22.3 Å². The quantitative estimate of drug-likeness (QED) is 0.910. The Hall–Kier alpha value is -2.51. The second-order valence-electron chi connectivity index (χ2n) is 4.13. The maximum atomic E-state index is 12.1. The summed E-state index contributed by atoms with van der Waals surface area (Å²) in [5.74, 6) is 0. The smallest absolute Gasteiger partial charge is 0.306 e. The number of carbonyl (C=O) groups is 1. The van der Waals surface area contributed by atoms with Crippen molar-refractivity contribution in [1.29, 1.82) is 5.26 Å². The number of nitriles is 1. The zero-order valence-electron chi connectivity index (χ0n) is 10.8. The molecule has 20 heavy (non-hydrogen) atoms. The van der Waals surface area contributed by atoms with Crippen LogP contribution in [0.4, 0.5) is 16.2 Å². The normalized spacial score (nSPS) is 9.65. The van der Waals surface area contributed by atoms with Crippen LogP contribution in [0.25, 0.3) is 0 Å². The van der Waals surface area contributed by atoms with Crippen molar-refractivity contribution >= 4 is 29.0 Å². The van der Waals surface area contributed by atoms with Gasteiger partial charge >= 0.3 is 6.03 Å². The highest BCUT2D eigenvalue weighted by Crippen LogP contribution is 2.22. The van der Waals surface area contributed by atoms with Crippen LogP contribution in [-0.2, 0) is 0 Å². The molecule has 0 saturated carbocycles. The van der Waals surface area contributed by atoms with E-state index in [-0.39, 0.29) is 6.03 Å². The summed E-state index contributed by atoms with van der Waals surface area (Å²) < 4.78 is 0. The second-order valence-corrected chi connectivity index (χ2v) is 4.53. The van der Waals surface area contributed by atoms with Crippen molar-refractivity contribution in [1.82, 2.24) is 0 Å². The van der Waals surface area contributed by atoms with Crippen LogP contribution in [0.2, 0.25) is 5.02 Å². The van der Waals surface area contributed by atoms with Crippen LogP contribution >= 0.6 is 11.6 Å². The van der Waals surface area contributed by atoms with Gasteiger partial charge in [-0.1, -0.05) is 23.7 Å². The lowest BCUT2D eigenvalue weighted by Gasteiger charge is -2.18. The number of carbonyl (C=O) groups excluding carboxylic acids is 1. The van der Waals surface area contributed by atoms with E-state index in [0.717, 1.165) is 0 Å². The lowest BCUT2D eigenvalue weighted by Crippen LogP contribution is -2.31. The molecule has 2 aromatic carbocycles. The van der Waals surface area contributed by atoms with Crippen molar-refractivity contribution < 1.29 is 4.79 Å². The van der Waals surface area contributed by atoms with Crippen molar-refractivity contribution in [2.24, 2.45) is 0 Å². The first-order valence-corrected chi connectivity index (χ1v) is 6.29. The van der Waals surface area contributed by atoms with Gasteiger partial charge in [-0.2, -0.15) is 5.26 Å². The van der Waals surface area contributed by atoms with Crippen LogP contribution in [0.3, 0.4) is 0 Å². The number of nitrogens with one attached hydrogen (secondary N) is 1. The highest BCUT2D eigenvalue weighted by molar-refractivity contribution is 6.33. The van der Waals surface area contributed by atoms with E-state index in [1.54, 1.807) is 55.6 Å². The largest absolute Gasteiger partial charge is 0.326 e. The monoisotopic (exact) mass is 285 g/mol. The van der Waals surface area contributed by atoms with Crippen LogP contribution in [-0.4, -0.2) is 13.1 Å². The minimum atomic E-state index is -0.303. The molecule has 0 fully saturated rings. The molecule has 2 amide bonds. The molecular formula is C15H12ClN3O. The van der Waals surface area contributed by atoms with E-state index < -0.39 is 0 Å². The van der Waals surface area contributed by atoms with Gasteiger partial charge in [0.2, 0.25) is 0 Å². The fraction of sp³-hybridized carbons (Fsp3) is 0.0667. The molecule has 4 nitrogen and oxygen atoms in total. The van der Waals surface area contributed by atoms with Gasteiger partial charge in [-0.15, -0.1) is 0 Å². The summed E-state index contributed by atoms with van der Waals surface area (Å²) in [5.41, 5.74) is 1.79. The summed E-state index contributed by atoms with van der Waals surface area (Å²) >= 11 is 5.99. The molecule has 2 rings (SSSR count). The number of hydrogen-bond donors (Lipinski definition) is 1. The molecular weight excluding hydrogens is 274 g/mol. The summed E-state index contributed by atoms with van der Waals surface area (Å²) in [4.78, 5) is 13.6. The molecule has 100 valence electrons. The van der Waals surface area contributed by atoms with Crippen molar-refractivity contribution in [3.05, 3.63) is 59.1 Å². The summed E-state index contributed by atoms with van der Waals surface area (Å²) in [6.45, 7) is 0. The number of rotatable bonds is 2. The molecule has 0 unspecified atom stereocenters. The molecule has 0 aliphatic heterocycles. The first-order valence-electron chi connectivity index (χ1n) is 5.91. The van der Waals surface area contributed by atoms with Gasteiger partial charge in [0, 0.05) is 12.7 Å². The molecule has 0 aliphatic rings. The van der Waals surface area contributed by atoms with E-state index in [1.807, 2.05) is 6.07 Å². The predicted molar refractivity (Wildman–Crippen MR) is 80.0 cm³/mol. The van der Waals surface area contributed by atoms with Gasteiger partial charge in [0.15, 0.2) is 0 Å².